The van der Waals surface area contributed by atoms with Gasteiger partial charge in [0.05, 0.1) is 0 Å². The molecule has 3 N–H and O–H groups in total. The van der Waals surface area contributed by atoms with Crippen molar-refractivity contribution in [3.05, 3.63) is 71.3 Å². The molecule has 150 valence electrons. The maximum atomic E-state index is 13.0. The molecule has 0 aliphatic carbocycles. The van der Waals surface area contributed by atoms with Crippen LogP contribution in [0.15, 0.2) is 54.6 Å². The number of amides is 2. The first-order valence-corrected chi connectivity index (χ1v) is 9.72. The summed E-state index contributed by atoms with van der Waals surface area (Å²) in [6.45, 7) is 8.46. The molecule has 0 aliphatic rings. The van der Waals surface area contributed by atoms with Gasteiger partial charge in [-0.15, -0.1) is 0 Å². The molecule has 0 unspecified atom stereocenters. The van der Waals surface area contributed by atoms with Crippen molar-refractivity contribution < 1.29 is 9.59 Å². The van der Waals surface area contributed by atoms with Crippen molar-refractivity contribution in [1.82, 2.24) is 10.2 Å². The molecule has 2 rings (SSSR count). The Bertz CT molecular complexity index is 765. The van der Waals surface area contributed by atoms with Crippen LogP contribution in [0.1, 0.15) is 53.5 Å². The monoisotopic (exact) mass is 381 g/mol. The van der Waals surface area contributed by atoms with Crippen molar-refractivity contribution in [2.24, 2.45) is 11.1 Å². The number of nitrogens with one attached hydrogen (secondary N) is 1. The van der Waals surface area contributed by atoms with E-state index < -0.39 is 0 Å². The SMILES string of the molecule is CC(C)(C)CNC(=O)c1ccc(C(=O)N(CCCN)Cc2ccccc2)cc1. The molecule has 0 bridgehead atoms. The van der Waals surface area contributed by atoms with Crippen molar-refractivity contribution >= 4 is 11.8 Å². The zero-order valence-corrected chi connectivity index (χ0v) is 17.1. The number of carbonyl (C=O) groups excluding carboxylic acids is 2. The van der Waals surface area contributed by atoms with Gasteiger partial charge in [0.15, 0.2) is 0 Å². The van der Waals surface area contributed by atoms with Gasteiger partial charge in [0.25, 0.3) is 11.8 Å². The lowest BCUT2D eigenvalue weighted by molar-refractivity contribution is 0.0741. The Morgan fingerprint density at radius 1 is 0.964 bits per heavy atom. The minimum atomic E-state index is -0.127. The molecule has 0 atom stereocenters. The summed E-state index contributed by atoms with van der Waals surface area (Å²) in [5.41, 5.74) is 7.86. The fraction of sp³-hybridized carbons (Fsp3) is 0.391. The van der Waals surface area contributed by atoms with Gasteiger partial charge in [0.1, 0.15) is 0 Å². The average molecular weight is 382 g/mol. The standard InChI is InChI=1S/C23H31N3O2/c1-23(2,3)17-25-21(27)19-10-12-20(13-11-19)22(28)26(15-7-14-24)16-18-8-5-4-6-9-18/h4-6,8-13H,7,14-17,24H2,1-3H3,(H,25,27). The van der Waals surface area contributed by atoms with E-state index in [0.717, 1.165) is 12.0 Å². The van der Waals surface area contributed by atoms with Gasteiger partial charge in [-0.25, -0.2) is 0 Å². The van der Waals surface area contributed by atoms with E-state index in [4.69, 9.17) is 5.73 Å². The highest BCUT2D eigenvalue weighted by Gasteiger charge is 2.17. The lowest BCUT2D eigenvalue weighted by Gasteiger charge is -2.23. The Morgan fingerprint density at radius 3 is 2.14 bits per heavy atom. The highest BCUT2D eigenvalue weighted by molar-refractivity contribution is 5.97. The second-order valence-electron chi connectivity index (χ2n) is 8.18. The third-order valence-corrected chi connectivity index (χ3v) is 4.31. The molecule has 0 fully saturated rings. The summed E-state index contributed by atoms with van der Waals surface area (Å²) in [5, 5.41) is 2.92. The molecule has 2 aromatic rings. The third-order valence-electron chi connectivity index (χ3n) is 4.31. The average Bonchev–Trinajstić information content (AvgIpc) is 2.69. The van der Waals surface area contributed by atoms with E-state index in [1.54, 1.807) is 29.2 Å². The van der Waals surface area contributed by atoms with E-state index in [1.807, 2.05) is 30.3 Å². The summed E-state index contributed by atoms with van der Waals surface area (Å²) in [5.74, 6) is -0.183. The fourth-order valence-corrected chi connectivity index (χ4v) is 2.73. The Kier molecular flexibility index (Phi) is 7.76. The summed E-state index contributed by atoms with van der Waals surface area (Å²) < 4.78 is 0. The first-order chi connectivity index (χ1) is 13.3. The van der Waals surface area contributed by atoms with Gasteiger partial charge in [0, 0.05) is 30.8 Å². The van der Waals surface area contributed by atoms with Crippen LogP contribution in [0, 0.1) is 5.41 Å². The quantitative estimate of drug-likeness (QED) is 0.735. The molecule has 0 spiro atoms. The van der Waals surface area contributed by atoms with E-state index in [-0.39, 0.29) is 17.2 Å². The molecular formula is C23H31N3O2. The number of benzene rings is 2. The summed E-state index contributed by atoms with van der Waals surface area (Å²) in [6.07, 6.45) is 0.742. The Morgan fingerprint density at radius 2 is 1.57 bits per heavy atom. The second-order valence-corrected chi connectivity index (χ2v) is 8.18. The molecule has 0 aliphatic heterocycles. The molecular weight excluding hydrogens is 350 g/mol. The number of rotatable bonds is 8. The summed E-state index contributed by atoms with van der Waals surface area (Å²) >= 11 is 0. The Labute approximate surface area is 167 Å². The molecule has 0 aromatic heterocycles. The molecule has 0 saturated heterocycles. The molecule has 2 amide bonds. The predicted octanol–water partition coefficient (Wildman–Crippen LogP) is 3.45. The van der Waals surface area contributed by atoms with Gasteiger partial charge >= 0.3 is 0 Å². The van der Waals surface area contributed by atoms with Gasteiger partial charge in [-0.3, -0.25) is 9.59 Å². The number of nitrogens with zero attached hydrogens (tertiary/aromatic N) is 1. The van der Waals surface area contributed by atoms with Gasteiger partial charge in [0.2, 0.25) is 0 Å². The maximum Gasteiger partial charge on any atom is 0.254 e. The number of carbonyl (C=O) groups is 2. The van der Waals surface area contributed by atoms with Crippen molar-refractivity contribution in [1.29, 1.82) is 0 Å². The lowest BCUT2D eigenvalue weighted by Crippen LogP contribution is -2.33. The van der Waals surface area contributed by atoms with Crippen LogP contribution in [0.25, 0.3) is 0 Å². The topological polar surface area (TPSA) is 75.4 Å². The van der Waals surface area contributed by atoms with Gasteiger partial charge in [-0.1, -0.05) is 51.1 Å². The first kappa shape index (κ1) is 21.6. The summed E-state index contributed by atoms with van der Waals surface area (Å²) in [4.78, 5) is 27.0. The van der Waals surface area contributed by atoms with Crippen LogP contribution in [-0.2, 0) is 6.54 Å². The zero-order valence-electron chi connectivity index (χ0n) is 17.1. The predicted molar refractivity (Wildman–Crippen MR) is 113 cm³/mol. The maximum absolute atomic E-state index is 13.0. The van der Waals surface area contributed by atoms with E-state index in [1.165, 1.54) is 0 Å². The van der Waals surface area contributed by atoms with E-state index >= 15 is 0 Å². The van der Waals surface area contributed by atoms with Crippen LogP contribution in [0.2, 0.25) is 0 Å². The van der Waals surface area contributed by atoms with Crippen LogP contribution in [0.4, 0.5) is 0 Å². The molecule has 0 radical (unpaired) electrons. The van der Waals surface area contributed by atoms with Crippen LogP contribution in [0.3, 0.4) is 0 Å². The van der Waals surface area contributed by atoms with Crippen molar-refractivity contribution in [3.63, 3.8) is 0 Å². The second kappa shape index (κ2) is 10.0. The molecule has 28 heavy (non-hydrogen) atoms. The Balaban J connectivity index is 2.08. The fourth-order valence-electron chi connectivity index (χ4n) is 2.73. The van der Waals surface area contributed by atoms with Crippen molar-refractivity contribution in [2.45, 2.75) is 33.7 Å². The number of hydrogen-bond acceptors (Lipinski definition) is 3. The van der Waals surface area contributed by atoms with Crippen LogP contribution >= 0.6 is 0 Å². The normalized spacial score (nSPS) is 11.1. The lowest BCUT2D eigenvalue weighted by atomic mass is 9.97. The van der Waals surface area contributed by atoms with Crippen LogP contribution in [-0.4, -0.2) is 36.3 Å². The van der Waals surface area contributed by atoms with Crippen LogP contribution < -0.4 is 11.1 Å². The zero-order chi connectivity index (χ0) is 20.6. The molecule has 0 saturated carbocycles. The van der Waals surface area contributed by atoms with Crippen molar-refractivity contribution in [2.75, 3.05) is 19.6 Å². The smallest absolute Gasteiger partial charge is 0.254 e. The van der Waals surface area contributed by atoms with Crippen LogP contribution in [0.5, 0.6) is 0 Å². The first-order valence-electron chi connectivity index (χ1n) is 9.72. The summed E-state index contributed by atoms with van der Waals surface area (Å²) in [7, 11) is 0. The molecule has 5 heteroatoms. The largest absolute Gasteiger partial charge is 0.352 e. The number of hydrogen-bond donors (Lipinski definition) is 2. The van der Waals surface area contributed by atoms with Gasteiger partial charge in [-0.05, 0) is 48.2 Å². The van der Waals surface area contributed by atoms with E-state index in [2.05, 4.69) is 26.1 Å². The van der Waals surface area contributed by atoms with E-state index in [0.29, 0.717) is 37.3 Å². The minimum Gasteiger partial charge on any atom is -0.352 e. The number of nitrogens with two attached hydrogens (primary N) is 1. The molecule has 5 nitrogen and oxygen atoms in total. The minimum absolute atomic E-state index is 0.0203. The van der Waals surface area contributed by atoms with E-state index in [9.17, 15) is 9.59 Å². The van der Waals surface area contributed by atoms with Gasteiger partial charge < -0.3 is 16.0 Å². The highest BCUT2D eigenvalue weighted by Crippen LogP contribution is 2.14. The molecule has 2 aromatic carbocycles. The molecule has 0 heterocycles. The van der Waals surface area contributed by atoms with Crippen molar-refractivity contribution in [3.8, 4) is 0 Å². The Hall–Kier alpha value is -2.66. The summed E-state index contributed by atoms with van der Waals surface area (Å²) in [6, 6.07) is 16.7. The highest BCUT2D eigenvalue weighted by atomic mass is 16.2. The van der Waals surface area contributed by atoms with Gasteiger partial charge in [-0.2, -0.15) is 0 Å². The third kappa shape index (κ3) is 6.82.